The third-order valence-corrected chi connectivity index (χ3v) is 2.82. The SMILES string of the molecule is Br.BrCc1cn2cccc(Br)c2n1. The molecule has 0 aliphatic rings. The monoisotopic (exact) mass is 368 g/mol. The highest BCUT2D eigenvalue weighted by Gasteiger charge is 2.01. The Balaban J connectivity index is 0.000000845. The van der Waals surface area contributed by atoms with Crippen molar-refractivity contribution in [3.8, 4) is 0 Å². The first-order chi connectivity index (χ1) is 5.81. The Labute approximate surface area is 103 Å². The lowest BCUT2D eigenvalue weighted by Crippen LogP contribution is -1.80. The Morgan fingerprint density at radius 1 is 1.46 bits per heavy atom. The van der Waals surface area contributed by atoms with E-state index in [1.54, 1.807) is 0 Å². The average Bonchev–Trinajstić information content (AvgIpc) is 2.49. The van der Waals surface area contributed by atoms with Crippen molar-refractivity contribution in [3.05, 3.63) is 34.7 Å². The molecule has 2 rings (SSSR count). The zero-order chi connectivity index (χ0) is 8.55. The van der Waals surface area contributed by atoms with Gasteiger partial charge in [-0.2, -0.15) is 0 Å². The van der Waals surface area contributed by atoms with Crippen LogP contribution >= 0.6 is 48.8 Å². The van der Waals surface area contributed by atoms with Gasteiger partial charge in [0.05, 0.1) is 10.2 Å². The van der Waals surface area contributed by atoms with E-state index >= 15 is 0 Å². The van der Waals surface area contributed by atoms with Crippen LogP contribution in [-0.4, -0.2) is 9.38 Å². The molecular weight excluding hydrogens is 364 g/mol. The molecule has 0 bridgehead atoms. The maximum Gasteiger partial charge on any atom is 0.151 e. The van der Waals surface area contributed by atoms with Gasteiger partial charge in [-0.1, -0.05) is 15.9 Å². The molecule has 0 aliphatic heterocycles. The number of hydrogen-bond acceptors (Lipinski definition) is 1. The summed E-state index contributed by atoms with van der Waals surface area (Å²) in [6.07, 6.45) is 3.99. The van der Waals surface area contributed by atoms with Crippen LogP contribution in [-0.2, 0) is 5.33 Å². The van der Waals surface area contributed by atoms with E-state index in [0.29, 0.717) is 0 Å². The molecule has 13 heavy (non-hydrogen) atoms. The summed E-state index contributed by atoms with van der Waals surface area (Å²) < 4.78 is 3.03. The molecule has 5 heteroatoms. The first-order valence-electron chi connectivity index (χ1n) is 3.49. The highest BCUT2D eigenvalue weighted by Crippen LogP contribution is 2.17. The smallest absolute Gasteiger partial charge is 0.151 e. The van der Waals surface area contributed by atoms with Crippen LogP contribution in [0.4, 0.5) is 0 Å². The quantitative estimate of drug-likeness (QED) is 0.701. The van der Waals surface area contributed by atoms with Crippen molar-refractivity contribution < 1.29 is 0 Å². The summed E-state index contributed by atoms with van der Waals surface area (Å²) in [7, 11) is 0. The minimum atomic E-state index is 0. The lowest BCUT2D eigenvalue weighted by atomic mass is 10.5. The lowest BCUT2D eigenvalue weighted by molar-refractivity contribution is 1.18. The van der Waals surface area contributed by atoms with Crippen LogP contribution in [0.2, 0.25) is 0 Å². The summed E-state index contributed by atoms with van der Waals surface area (Å²) in [5.74, 6) is 0. The van der Waals surface area contributed by atoms with Gasteiger partial charge in [0, 0.05) is 17.7 Å². The van der Waals surface area contributed by atoms with Crippen LogP contribution in [0.15, 0.2) is 29.0 Å². The maximum absolute atomic E-state index is 4.40. The summed E-state index contributed by atoms with van der Waals surface area (Å²) in [4.78, 5) is 4.40. The van der Waals surface area contributed by atoms with Gasteiger partial charge in [-0.3, -0.25) is 0 Å². The second-order valence-electron chi connectivity index (χ2n) is 2.45. The van der Waals surface area contributed by atoms with E-state index in [1.807, 2.05) is 28.9 Å². The highest BCUT2D eigenvalue weighted by molar-refractivity contribution is 9.10. The van der Waals surface area contributed by atoms with Gasteiger partial charge in [-0.15, -0.1) is 17.0 Å². The maximum atomic E-state index is 4.40. The zero-order valence-electron chi connectivity index (χ0n) is 6.58. The Bertz CT molecular complexity index is 411. The Hall–Kier alpha value is 0.130. The van der Waals surface area contributed by atoms with Gasteiger partial charge in [0.15, 0.2) is 5.65 Å². The standard InChI is InChI=1S/C8H6Br2N2.BrH/c9-4-6-5-12-3-1-2-7(10)8(12)11-6;/h1-3,5H,4H2;1H. The highest BCUT2D eigenvalue weighted by atomic mass is 79.9. The van der Waals surface area contributed by atoms with Crippen molar-refractivity contribution in [1.82, 2.24) is 9.38 Å². The summed E-state index contributed by atoms with van der Waals surface area (Å²) in [5, 5.41) is 0.793. The van der Waals surface area contributed by atoms with Gasteiger partial charge in [-0.05, 0) is 28.1 Å². The molecule has 0 aliphatic carbocycles. The molecule has 70 valence electrons. The molecule has 0 unspecified atom stereocenters. The van der Waals surface area contributed by atoms with Crippen LogP contribution in [0.3, 0.4) is 0 Å². The van der Waals surface area contributed by atoms with Crippen LogP contribution in [0.25, 0.3) is 5.65 Å². The third kappa shape index (κ3) is 2.14. The topological polar surface area (TPSA) is 17.3 Å². The van der Waals surface area contributed by atoms with Crippen molar-refractivity contribution >= 4 is 54.5 Å². The lowest BCUT2D eigenvalue weighted by Gasteiger charge is -1.92. The molecule has 0 saturated heterocycles. The summed E-state index contributed by atoms with van der Waals surface area (Å²) in [6, 6.07) is 3.97. The predicted molar refractivity (Wildman–Crippen MR) is 65.8 cm³/mol. The predicted octanol–water partition coefficient (Wildman–Crippen LogP) is 3.57. The van der Waals surface area contributed by atoms with E-state index in [0.717, 1.165) is 21.1 Å². The average molecular weight is 371 g/mol. The van der Waals surface area contributed by atoms with Gasteiger partial charge < -0.3 is 4.40 Å². The van der Waals surface area contributed by atoms with Crippen molar-refractivity contribution in [2.75, 3.05) is 0 Å². The molecule has 0 saturated carbocycles. The second-order valence-corrected chi connectivity index (χ2v) is 3.87. The minimum absolute atomic E-state index is 0. The normalized spacial score (nSPS) is 10.0. The Morgan fingerprint density at radius 2 is 2.23 bits per heavy atom. The van der Waals surface area contributed by atoms with Crippen molar-refractivity contribution in [1.29, 1.82) is 0 Å². The molecule has 0 spiro atoms. The fourth-order valence-electron chi connectivity index (χ4n) is 1.09. The number of hydrogen-bond donors (Lipinski definition) is 0. The van der Waals surface area contributed by atoms with E-state index < -0.39 is 0 Å². The van der Waals surface area contributed by atoms with E-state index in [-0.39, 0.29) is 17.0 Å². The van der Waals surface area contributed by atoms with Crippen molar-refractivity contribution in [2.24, 2.45) is 0 Å². The first-order valence-corrected chi connectivity index (χ1v) is 5.41. The number of aromatic nitrogens is 2. The van der Waals surface area contributed by atoms with E-state index in [1.165, 1.54) is 0 Å². The van der Waals surface area contributed by atoms with Crippen LogP contribution < -0.4 is 0 Å². The van der Waals surface area contributed by atoms with Gasteiger partial charge in [0.25, 0.3) is 0 Å². The van der Waals surface area contributed by atoms with E-state index in [9.17, 15) is 0 Å². The molecule has 2 aromatic heterocycles. The molecule has 0 radical (unpaired) electrons. The van der Waals surface area contributed by atoms with Gasteiger partial charge in [-0.25, -0.2) is 4.98 Å². The third-order valence-electron chi connectivity index (χ3n) is 1.62. The molecule has 2 nitrogen and oxygen atoms in total. The molecule has 0 atom stereocenters. The van der Waals surface area contributed by atoms with Crippen molar-refractivity contribution in [2.45, 2.75) is 5.33 Å². The van der Waals surface area contributed by atoms with E-state index in [4.69, 9.17) is 0 Å². The molecule has 0 aromatic carbocycles. The number of halogens is 3. The number of fused-ring (bicyclic) bond motifs is 1. The van der Waals surface area contributed by atoms with E-state index in [2.05, 4.69) is 36.8 Å². The molecule has 2 aromatic rings. The number of rotatable bonds is 1. The summed E-state index contributed by atoms with van der Waals surface area (Å²) in [5.41, 5.74) is 2.01. The van der Waals surface area contributed by atoms with Gasteiger partial charge in [0.2, 0.25) is 0 Å². The Morgan fingerprint density at radius 3 is 2.85 bits per heavy atom. The molecule has 0 amide bonds. The molecule has 0 fully saturated rings. The fraction of sp³-hybridized carbons (Fsp3) is 0.125. The summed E-state index contributed by atoms with van der Waals surface area (Å²) >= 11 is 6.81. The summed E-state index contributed by atoms with van der Waals surface area (Å²) in [6.45, 7) is 0. The molecule has 0 N–H and O–H groups in total. The van der Waals surface area contributed by atoms with Crippen LogP contribution in [0.1, 0.15) is 5.69 Å². The minimum Gasteiger partial charge on any atom is -0.306 e. The number of pyridine rings is 1. The largest absolute Gasteiger partial charge is 0.306 e. The second kappa shape index (κ2) is 4.57. The zero-order valence-corrected chi connectivity index (χ0v) is 11.5. The van der Waals surface area contributed by atoms with Gasteiger partial charge >= 0.3 is 0 Å². The van der Waals surface area contributed by atoms with Crippen molar-refractivity contribution in [3.63, 3.8) is 0 Å². The fourth-order valence-corrected chi connectivity index (χ4v) is 1.81. The first kappa shape index (κ1) is 11.2. The Kier molecular flexibility index (Phi) is 3.94. The van der Waals surface area contributed by atoms with Crippen LogP contribution in [0, 0.1) is 0 Å². The molecular formula is C8H7Br3N2. The number of nitrogens with zero attached hydrogens (tertiary/aromatic N) is 2. The van der Waals surface area contributed by atoms with Crippen LogP contribution in [0.5, 0.6) is 0 Å². The number of alkyl halides is 1. The molecule has 2 heterocycles. The van der Waals surface area contributed by atoms with Gasteiger partial charge in [0.1, 0.15) is 0 Å². The number of imidazole rings is 1.